The van der Waals surface area contributed by atoms with Gasteiger partial charge >= 0.3 is 0 Å². The second-order valence-electron chi connectivity index (χ2n) is 6.74. The Morgan fingerprint density at radius 2 is 1.86 bits per heavy atom. The topological polar surface area (TPSA) is 75.7 Å². The average molecular weight is 384 g/mol. The van der Waals surface area contributed by atoms with Gasteiger partial charge in [-0.3, -0.25) is 19.3 Å². The lowest BCUT2D eigenvalue weighted by Crippen LogP contribution is -2.35. The van der Waals surface area contributed by atoms with Gasteiger partial charge in [-0.15, -0.1) is 0 Å². The molecule has 2 aromatic carbocycles. The van der Waals surface area contributed by atoms with Crippen LogP contribution in [0.1, 0.15) is 51.2 Å². The number of rotatable bonds is 6. The second kappa shape index (κ2) is 7.80. The molecule has 28 heavy (non-hydrogen) atoms. The predicted octanol–water partition coefficient (Wildman–Crippen LogP) is 3.01. The zero-order valence-electron chi connectivity index (χ0n) is 15.9. The Bertz CT molecular complexity index is 957. The van der Waals surface area contributed by atoms with E-state index in [2.05, 4.69) is 5.32 Å². The van der Waals surface area contributed by atoms with Crippen LogP contribution >= 0.6 is 0 Å². The number of carbonyl (C=O) groups is 3. The zero-order chi connectivity index (χ0) is 20.4. The van der Waals surface area contributed by atoms with E-state index in [1.807, 2.05) is 6.92 Å². The van der Waals surface area contributed by atoms with E-state index < -0.39 is 17.8 Å². The molecule has 0 radical (unpaired) electrons. The monoisotopic (exact) mass is 384 g/mol. The van der Waals surface area contributed by atoms with E-state index in [-0.39, 0.29) is 30.5 Å². The van der Waals surface area contributed by atoms with Crippen molar-refractivity contribution < 1.29 is 23.5 Å². The summed E-state index contributed by atoms with van der Waals surface area (Å²) in [6.07, 6.45) is -0.0343. The number of nitrogens with one attached hydrogen (secondary N) is 1. The van der Waals surface area contributed by atoms with Gasteiger partial charge in [-0.05, 0) is 43.7 Å². The first kappa shape index (κ1) is 19.5. The highest BCUT2D eigenvalue weighted by Gasteiger charge is 2.35. The van der Waals surface area contributed by atoms with Crippen molar-refractivity contribution >= 4 is 17.7 Å². The van der Waals surface area contributed by atoms with Gasteiger partial charge < -0.3 is 10.1 Å². The Labute approximate surface area is 162 Å². The van der Waals surface area contributed by atoms with Crippen molar-refractivity contribution in [1.82, 2.24) is 10.2 Å². The first-order chi connectivity index (χ1) is 13.3. The van der Waals surface area contributed by atoms with Crippen LogP contribution in [0.4, 0.5) is 4.39 Å². The number of aryl methyl sites for hydroxylation is 1. The molecule has 2 aromatic rings. The van der Waals surface area contributed by atoms with Crippen LogP contribution in [0.15, 0.2) is 36.4 Å². The summed E-state index contributed by atoms with van der Waals surface area (Å²) in [5.74, 6) is -1.50. The fourth-order valence-corrected chi connectivity index (χ4v) is 3.17. The van der Waals surface area contributed by atoms with Crippen LogP contribution in [0, 0.1) is 12.7 Å². The molecule has 3 rings (SSSR count). The maximum Gasteiger partial charge on any atom is 0.261 e. The van der Waals surface area contributed by atoms with Crippen LogP contribution in [0.25, 0.3) is 0 Å². The van der Waals surface area contributed by atoms with Crippen LogP contribution in [-0.2, 0) is 4.79 Å². The Balaban J connectivity index is 1.59. The minimum Gasteiger partial charge on any atom is -0.494 e. The largest absolute Gasteiger partial charge is 0.494 e. The number of methoxy groups -OCH3 is 1. The van der Waals surface area contributed by atoms with Crippen LogP contribution in [-0.4, -0.2) is 36.3 Å². The van der Waals surface area contributed by atoms with Gasteiger partial charge in [0, 0.05) is 13.0 Å². The Hall–Kier alpha value is -3.22. The summed E-state index contributed by atoms with van der Waals surface area (Å²) in [4.78, 5) is 38.2. The van der Waals surface area contributed by atoms with Crippen molar-refractivity contribution in [3.05, 3.63) is 64.5 Å². The fraction of sp³-hybridized carbons (Fsp3) is 0.286. The van der Waals surface area contributed by atoms with Gasteiger partial charge in [0.05, 0.1) is 24.3 Å². The molecule has 1 heterocycles. The summed E-state index contributed by atoms with van der Waals surface area (Å²) in [6.45, 7) is 3.56. The third-order valence-corrected chi connectivity index (χ3v) is 4.74. The van der Waals surface area contributed by atoms with Crippen LogP contribution < -0.4 is 10.1 Å². The standard InChI is InChI=1S/C21H21FN2O4/c1-12-4-6-15-16(10-12)21(27)24(20(15)26)9-8-19(25)23-13(2)14-5-7-18(28-3)17(22)11-14/h4-7,10-11,13H,8-9H2,1-3H3,(H,23,25)/t13-/m1/s1. The van der Waals surface area contributed by atoms with E-state index in [9.17, 15) is 18.8 Å². The lowest BCUT2D eigenvalue weighted by molar-refractivity contribution is -0.121. The maximum atomic E-state index is 13.8. The molecule has 0 saturated heterocycles. The van der Waals surface area contributed by atoms with Gasteiger partial charge in [0.25, 0.3) is 11.8 Å². The van der Waals surface area contributed by atoms with Gasteiger partial charge in [0.2, 0.25) is 5.91 Å². The van der Waals surface area contributed by atoms with E-state index in [4.69, 9.17) is 4.74 Å². The SMILES string of the molecule is COc1ccc([C@@H](C)NC(=O)CCN2C(=O)c3ccc(C)cc3C2=O)cc1F. The molecule has 1 aliphatic heterocycles. The molecule has 0 bridgehead atoms. The molecule has 0 spiro atoms. The number of nitrogens with zero attached hydrogens (tertiary/aromatic N) is 1. The van der Waals surface area contributed by atoms with Gasteiger partial charge in [-0.1, -0.05) is 17.7 Å². The maximum absolute atomic E-state index is 13.8. The summed E-state index contributed by atoms with van der Waals surface area (Å²) in [5, 5.41) is 2.75. The minimum atomic E-state index is -0.512. The highest BCUT2D eigenvalue weighted by molar-refractivity contribution is 6.21. The van der Waals surface area contributed by atoms with E-state index >= 15 is 0 Å². The van der Waals surface area contributed by atoms with E-state index in [0.717, 1.165) is 10.5 Å². The number of hydrogen-bond acceptors (Lipinski definition) is 4. The van der Waals surface area contributed by atoms with E-state index in [1.165, 1.54) is 19.2 Å². The quantitative estimate of drug-likeness (QED) is 0.777. The summed E-state index contributed by atoms with van der Waals surface area (Å²) in [5.41, 5.74) is 2.20. The molecule has 146 valence electrons. The van der Waals surface area contributed by atoms with Gasteiger partial charge in [-0.2, -0.15) is 0 Å². The van der Waals surface area contributed by atoms with E-state index in [1.54, 1.807) is 31.2 Å². The normalized spacial score (nSPS) is 14.1. The summed E-state index contributed by atoms with van der Waals surface area (Å²) < 4.78 is 18.7. The number of hydrogen-bond donors (Lipinski definition) is 1. The fourth-order valence-electron chi connectivity index (χ4n) is 3.17. The van der Waals surface area contributed by atoms with Crippen molar-refractivity contribution in [2.75, 3.05) is 13.7 Å². The molecule has 3 amide bonds. The first-order valence-corrected chi connectivity index (χ1v) is 8.91. The number of benzene rings is 2. The summed E-state index contributed by atoms with van der Waals surface area (Å²) >= 11 is 0. The van der Waals surface area contributed by atoms with Crippen molar-refractivity contribution in [3.63, 3.8) is 0 Å². The highest BCUT2D eigenvalue weighted by atomic mass is 19.1. The first-order valence-electron chi connectivity index (χ1n) is 8.91. The smallest absolute Gasteiger partial charge is 0.261 e. The number of ether oxygens (including phenoxy) is 1. The molecule has 6 nitrogen and oxygen atoms in total. The van der Waals surface area contributed by atoms with Crippen LogP contribution in [0.2, 0.25) is 0 Å². The summed E-state index contributed by atoms with van der Waals surface area (Å²) in [6, 6.07) is 9.11. The van der Waals surface area contributed by atoms with Crippen molar-refractivity contribution in [2.45, 2.75) is 26.3 Å². The van der Waals surface area contributed by atoms with Crippen LogP contribution in [0.5, 0.6) is 5.75 Å². The molecule has 0 aromatic heterocycles. The zero-order valence-corrected chi connectivity index (χ0v) is 15.9. The number of carbonyl (C=O) groups excluding carboxylic acids is 3. The third-order valence-electron chi connectivity index (χ3n) is 4.74. The lowest BCUT2D eigenvalue weighted by atomic mass is 10.1. The Morgan fingerprint density at radius 1 is 1.14 bits per heavy atom. The van der Waals surface area contributed by atoms with Gasteiger partial charge in [0.15, 0.2) is 11.6 Å². The van der Waals surface area contributed by atoms with Crippen LogP contribution in [0.3, 0.4) is 0 Å². The van der Waals surface area contributed by atoms with E-state index in [0.29, 0.717) is 16.7 Å². The molecule has 1 atom stereocenters. The molecule has 0 fully saturated rings. The van der Waals surface area contributed by atoms with Crippen molar-refractivity contribution in [2.24, 2.45) is 0 Å². The second-order valence-corrected chi connectivity index (χ2v) is 6.74. The minimum absolute atomic E-state index is 0.0130. The molecular formula is C21H21FN2O4. The lowest BCUT2D eigenvalue weighted by Gasteiger charge is -2.17. The molecular weight excluding hydrogens is 363 g/mol. The molecule has 1 aliphatic rings. The number of halogens is 1. The van der Waals surface area contributed by atoms with Crippen molar-refractivity contribution in [1.29, 1.82) is 0 Å². The van der Waals surface area contributed by atoms with Gasteiger partial charge in [0.1, 0.15) is 0 Å². The molecule has 1 N–H and O–H groups in total. The molecule has 0 aliphatic carbocycles. The third kappa shape index (κ3) is 3.74. The number of fused-ring (bicyclic) bond motifs is 1. The molecule has 0 saturated carbocycles. The Morgan fingerprint density at radius 3 is 2.54 bits per heavy atom. The number of imide groups is 1. The Kier molecular flexibility index (Phi) is 5.44. The summed E-state index contributed by atoms with van der Waals surface area (Å²) in [7, 11) is 1.38. The number of amides is 3. The highest BCUT2D eigenvalue weighted by Crippen LogP contribution is 2.24. The predicted molar refractivity (Wildman–Crippen MR) is 101 cm³/mol. The average Bonchev–Trinajstić information content (AvgIpc) is 2.89. The van der Waals surface area contributed by atoms with Crippen molar-refractivity contribution in [3.8, 4) is 5.75 Å². The molecule has 0 unspecified atom stereocenters. The van der Waals surface area contributed by atoms with Gasteiger partial charge in [-0.25, -0.2) is 4.39 Å². The molecule has 7 heteroatoms.